The minimum absolute atomic E-state index is 0.0254. The fraction of sp³-hybridized carbons (Fsp3) is 0.750. The van der Waals surface area contributed by atoms with Crippen LogP contribution in [0.1, 0.15) is 57.8 Å². The highest BCUT2D eigenvalue weighted by Gasteiger charge is 2.46. The Morgan fingerprint density at radius 2 is 1.61 bits per heavy atom. The van der Waals surface area contributed by atoms with Crippen LogP contribution in [0.3, 0.4) is 0 Å². The standard InChI is InChI=1S/C24H36O7/c1-27-22(26)11-5-3-2-4-10-18-19(17-25)21(31-24-13-7-9-15-29-24)16-20(18)30-23-12-6-8-14-28-23/h2,4-5,11,17-21,23-24H,3,6-10,12-16H2,1H3/t18-,19-,20+,21-,23?,24?/m1/s1. The third kappa shape index (κ3) is 7.52. The van der Waals surface area contributed by atoms with Crippen LogP contribution in [0.15, 0.2) is 24.3 Å². The van der Waals surface area contributed by atoms with E-state index in [1.54, 1.807) is 6.08 Å². The highest BCUT2D eigenvalue weighted by molar-refractivity contribution is 5.81. The van der Waals surface area contributed by atoms with Crippen LogP contribution in [0.4, 0.5) is 0 Å². The van der Waals surface area contributed by atoms with Gasteiger partial charge in [0.1, 0.15) is 6.29 Å². The highest BCUT2D eigenvalue weighted by atomic mass is 16.7. The van der Waals surface area contributed by atoms with Gasteiger partial charge in [0.2, 0.25) is 0 Å². The maximum absolute atomic E-state index is 12.1. The van der Waals surface area contributed by atoms with E-state index in [1.165, 1.54) is 13.2 Å². The predicted molar refractivity (Wildman–Crippen MR) is 114 cm³/mol. The second-order valence-corrected chi connectivity index (χ2v) is 8.42. The summed E-state index contributed by atoms with van der Waals surface area (Å²) in [7, 11) is 1.36. The Bertz CT molecular complexity index is 605. The zero-order valence-corrected chi connectivity index (χ0v) is 18.5. The van der Waals surface area contributed by atoms with Crippen molar-refractivity contribution in [3.8, 4) is 0 Å². The van der Waals surface area contributed by atoms with Gasteiger partial charge in [-0.1, -0.05) is 18.2 Å². The molecule has 2 heterocycles. The van der Waals surface area contributed by atoms with Gasteiger partial charge in [0.15, 0.2) is 12.6 Å². The predicted octanol–water partition coefficient (Wildman–Crippen LogP) is 3.71. The molecule has 2 unspecified atom stereocenters. The van der Waals surface area contributed by atoms with Crippen LogP contribution in [-0.2, 0) is 33.3 Å². The molecule has 0 radical (unpaired) electrons. The molecule has 3 rings (SSSR count). The summed E-state index contributed by atoms with van der Waals surface area (Å²) in [5.74, 6) is -0.581. The molecular weight excluding hydrogens is 400 g/mol. The first-order chi connectivity index (χ1) is 15.2. The number of hydrogen-bond acceptors (Lipinski definition) is 7. The summed E-state index contributed by atoms with van der Waals surface area (Å²) in [6, 6.07) is 0. The molecule has 0 aromatic rings. The summed E-state index contributed by atoms with van der Waals surface area (Å²) in [5.41, 5.74) is 0. The van der Waals surface area contributed by atoms with Gasteiger partial charge in [0, 0.05) is 37.5 Å². The van der Waals surface area contributed by atoms with Crippen molar-refractivity contribution < 1.29 is 33.3 Å². The lowest BCUT2D eigenvalue weighted by Gasteiger charge is -2.29. The van der Waals surface area contributed by atoms with Gasteiger partial charge in [-0.15, -0.1) is 0 Å². The maximum atomic E-state index is 12.1. The average molecular weight is 437 g/mol. The van der Waals surface area contributed by atoms with Crippen LogP contribution < -0.4 is 0 Å². The highest BCUT2D eigenvalue weighted by Crippen LogP contribution is 2.40. The third-order valence-electron chi connectivity index (χ3n) is 6.25. The maximum Gasteiger partial charge on any atom is 0.330 e. The van der Waals surface area contributed by atoms with Gasteiger partial charge in [-0.25, -0.2) is 4.79 Å². The van der Waals surface area contributed by atoms with E-state index in [1.807, 2.05) is 6.08 Å². The minimum Gasteiger partial charge on any atom is -0.466 e. The van der Waals surface area contributed by atoms with E-state index in [9.17, 15) is 9.59 Å². The molecule has 2 saturated heterocycles. The zero-order valence-electron chi connectivity index (χ0n) is 18.5. The molecule has 0 aromatic carbocycles. The van der Waals surface area contributed by atoms with Crippen molar-refractivity contribution in [1.29, 1.82) is 0 Å². The van der Waals surface area contributed by atoms with Crippen molar-refractivity contribution in [3.05, 3.63) is 24.3 Å². The topological polar surface area (TPSA) is 80.3 Å². The molecule has 0 amide bonds. The molecule has 1 saturated carbocycles. The number of carbonyl (C=O) groups is 2. The average Bonchev–Trinajstić information content (AvgIpc) is 3.12. The Labute approximate surface area is 185 Å². The Balaban J connectivity index is 1.60. The second-order valence-electron chi connectivity index (χ2n) is 8.42. The van der Waals surface area contributed by atoms with Crippen molar-refractivity contribution in [2.45, 2.75) is 82.6 Å². The van der Waals surface area contributed by atoms with Gasteiger partial charge in [-0.05, 0) is 51.4 Å². The van der Waals surface area contributed by atoms with E-state index in [4.69, 9.17) is 18.9 Å². The summed E-state index contributed by atoms with van der Waals surface area (Å²) >= 11 is 0. The van der Waals surface area contributed by atoms with Gasteiger partial charge in [-0.2, -0.15) is 0 Å². The molecule has 7 nitrogen and oxygen atoms in total. The molecule has 3 aliphatic rings. The number of carbonyl (C=O) groups excluding carboxylic acids is 2. The molecule has 0 bridgehead atoms. The SMILES string of the molecule is COC(=O)C=CCC=CC[C@@H]1[C@@H](C=O)[C@H](OC2CCCCO2)C[C@@H]1OC1CCCCO1. The van der Waals surface area contributed by atoms with Gasteiger partial charge in [-0.3, -0.25) is 0 Å². The van der Waals surface area contributed by atoms with E-state index in [0.29, 0.717) is 25.9 Å². The van der Waals surface area contributed by atoms with Crippen LogP contribution in [-0.4, -0.2) is 57.4 Å². The number of rotatable bonds is 10. The van der Waals surface area contributed by atoms with Gasteiger partial charge in [0.05, 0.1) is 19.3 Å². The van der Waals surface area contributed by atoms with Crippen molar-refractivity contribution in [2.24, 2.45) is 11.8 Å². The summed E-state index contributed by atoms with van der Waals surface area (Å²) in [5, 5.41) is 0. The number of hydrogen-bond donors (Lipinski definition) is 0. The molecule has 6 atom stereocenters. The van der Waals surface area contributed by atoms with Crippen LogP contribution in [0.2, 0.25) is 0 Å². The Morgan fingerprint density at radius 3 is 2.19 bits per heavy atom. The molecule has 0 spiro atoms. The Morgan fingerprint density at radius 1 is 0.935 bits per heavy atom. The fourth-order valence-electron chi connectivity index (χ4n) is 4.57. The van der Waals surface area contributed by atoms with Crippen molar-refractivity contribution in [1.82, 2.24) is 0 Å². The molecule has 0 aromatic heterocycles. The Kier molecular flexibility index (Phi) is 10.2. The van der Waals surface area contributed by atoms with E-state index in [0.717, 1.165) is 51.4 Å². The first-order valence-electron chi connectivity index (χ1n) is 11.6. The lowest BCUT2D eigenvalue weighted by Crippen LogP contribution is -2.32. The molecule has 174 valence electrons. The van der Waals surface area contributed by atoms with E-state index in [2.05, 4.69) is 10.8 Å². The number of ether oxygens (including phenoxy) is 5. The minimum atomic E-state index is -0.365. The molecule has 7 heteroatoms. The monoisotopic (exact) mass is 436 g/mol. The molecular formula is C24H36O7. The molecule has 0 N–H and O–H groups in total. The number of aldehydes is 1. The molecule has 31 heavy (non-hydrogen) atoms. The van der Waals surface area contributed by atoms with E-state index >= 15 is 0 Å². The quantitative estimate of drug-likeness (QED) is 0.223. The largest absolute Gasteiger partial charge is 0.466 e. The molecule has 1 aliphatic carbocycles. The molecule has 3 fully saturated rings. The number of esters is 1. The first kappa shape index (κ1) is 24.1. The fourth-order valence-corrected chi connectivity index (χ4v) is 4.57. The summed E-state index contributed by atoms with van der Waals surface area (Å²) in [4.78, 5) is 23.2. The van der Waals surface area contributed by atoms with Crippen LogP contribution >= 0.6 is 0 Å². The zero-order chi connectivity index (χ0) is 21.9. The normalized spacial score (nSPS) is 34.4. The number of methoxy groups -OCH3 is 1. The smallest absolute Gasteiger partial charge is 0.330 e. The summed E-state index contributed by atoms with van der Waals surface area (Å²) < 4.78 is 28.7. The lowest BCUT2D eigenvalue weighted by atomic mass is 9.91. The van der Waals surface area contributed by atoms with Crippen LogP contribution in [0.25, 0.3) is 0 Å². The van der Waals surface area contributed by atoms with E-state index < -0.39 is 0 Å². The van der Waals surface area contributed by atoms with Crippen molar-refractivity contribution in [3.63, 3.8) is 0 Å². The number of allylic oxidation sites excluding steroid dienone is 3. The van der Waals surface area contributed by atoms with Crippen LogP contribution in [0.5, 0.6) is 0 Å². The lowest BCUT2D eigenvalue weighted by molar-refractivity contribution is -0.204. The van der Waals surface area contributed by atoms with Gasteiger partial charge < -0.3 is 28.5 Å². The first-order valence-corrected chi connectivity index (χ1v) is 11.6. The molecule has 2 aliphatic heterocycles. The van der Waals surface area contributed by atoms with Crippen molar-refractivity contribution >= 4 is 12.3 Å². The van der Waals surface area contributed by atoms with Gasteiger partial charge >= 0.3 is 5.97 Å². The third-order valence-corrected chi connectivity index (χ3v) is 6.25. The summed E-state index contributed by atoms with van der Waals surface area (Å²) in [6.07, 6.45) is 15.6. The van der Waals surface area contributed by atoms with Crippen LogP contribution in [0, 0.1) is 11.8 Å². The van der Waals surface area contributed by atoms with Crippen molar-refractivity contribution in [2.75, 3.05) is 20.3 Å². The van der Waals surface area contributed by atoms with E-state index in [-0.39, 0.29) is 42.6 Å². The van der Waals surface area contributed by atoms with Gasteiger partial charge in [0.25, 0.3) is 0 Å². The summed E-state index contributed by atoms with van der Waals surface area (Å²) in [6.45, 7) is 1.44. The second kappa shape index (κ2) is 13.1. The Hall–Kier alpha value is -1.54.